The molecule has 0 radical (unpaired) electrons. The number of rotatable bonds is 6. The first-order valence-electron chi connectivity index (χ1n) is 12.1. The summed E-state index contributed by atoms with van der Waals surface area (Å²) >= 11 is 2.93. The summed E-state index contributed by atoms with van der Waals surface area (Å²) in [5.41, 5.74) is 7.87. The van der Waals surface area contributed by atoms with Gasteiger partial charge in [-0.25, -0.2) is 23.6 Å². The molecule has 7 nitrogen and oxygen atoms in total. The third-order valence-corrected chi connectivity index (χ3v) is 9.03. The SMILES string of the molecule is CN(C)C(=O)N1CCc2sc(N3N=C(c4cc(F)ccc4F)SC3(CCCN)c3ccccc3)nc2C1. The van der Waals surface area contributed by atoms with Crippen molar-refractivity contribution in [2.45, 2.75) is 30.7 Å². The molecule has 0 fully saturated rings. The normalized spacial score (nSPS) is 19.1. The number of hydrazone groups is 1. The van der Waals surface area contributed by atoms with E-state index in [9.17, 15) is 13.6 Å². The molecule has 0 spiro atoms. The summed E-state index contributed by atoms with van der Waals surface area (Å²) in [5, 5.41) is 7.76. The second-order valence-electron chi connectivity index (χ2n) is 9.20. The van der Waals surface area contributed by atoms with Crippen LogP contribution in [-0.4, -0.2) is 53.0 Å². The van der Waals surface area contributed by atoms with Gasteiger partial charge in [-0.15, -0.1) is 0 Å². The molecule has 194 valence electrons. The van der Waals surface area contributed by atoms with E-state index in [0.29, 0.717) is 49.1 Å². The first kappa shape index (κ1) is 25.6. The van der Waals surface area contributed by atoms with Gasteiger partial charge in [0.05, 0.1) is 12.2 Å². The van der Waals surface area contributed by atoms with Gasteiger partial charge in [-0.1, -0.05) is 53.4 Å². The second kappa shape index (κ2) is 10.4. The van der Waals surface area contributed by atoms with Crippen LogP contribution in [0.4, 0.5) is 18.7 Å². The van der Waals surface area contributed by atoms with Gasteiger partial charge in [0.25, 0.3) is 0 Å². The molecule has 37 heavy (non-hydrogen) atoms. The average molecular weight is 543 g/mol. The van der Waals surface area contributed by atoms with Crippen molar-refractivity contribution in [3.8, 4) is 0 Å². The van der Waals surface area contributed by atoms with Crippen LogP contribution in [-0.2, 0) is 17.8 Å². The van der Waals surface area contributed by atoms with Crippen molar-refractivity contribution >= 4 is 39.3 Å². The minimum atomic E-state index is -0.742. The molecule has 0 saturated heterocycles. The van der Waals surface area contributed by atoms with E-state index < -0.39 is 16.5 Å². The number of thioether (sulfide) groups is 1. The number of fused-ring (bicyclic) bond motifs is 1. The average Bonchev–Trinajstić information content (AvgIpc) is 3.50. The molecule has 2 aromatic carbocycles. The number of hydrogen-bond acceptors (Lipinski definition) is 7. The number of carbonyl (C=O) groups is 1. The molecule has 0 saturated carbocycles. The predicted octanol–water partition coefficient (Wildman–Crippen LogP) is 4.97. The Morgan fingerprint density at radius 1 is 1.19 bits per heavy atom. The molecule has 5 rings (SSSR count). The Morgan fingerprint density at radius 2 is 1.97 bits per heavy atom. The van der Waals surface area contributed by atoms with Gasteiger partial charge >= 0.3 is 6.03 Å². The Kier molecular flexibility index (Phi) is 7.19. The summed E-state index contributed by atoms with van der Waals surface area (Å²) in [6, 6.07) is 13.2. The van der Waals surface area contributed by atoms with Gasteiger partial charge in [0.1, 0.15) is 21.5 Å². The molecule has 1 unspecified atom stereocenters. The van der Waals surface area contributed by atoms with E-state index in [-0.39, 0.29) is 11.6 Å². The molecule has 1 atom stereocenters. The van der Waals surface area contributed by atoms with Gasteiger partial charge in [-0.3, -0.25) is 0 Å². The van der Waals surface area contributed by atoms with Crippen LogP contribution >= 0.6 is 23.1 Å². The molecule has 0 aliphatic carbocycles. The molecule has 3 aromatic rings. The second-order valence-corrected chi connectivity index (χ2v) is 11.5. The Bertz CT molecular complexity index is 1330. The number of aromatic nitrogens is 1. The van der Waals surface area contributed by atoms with Crippen LogP contribution in [0.2, 0.25) is 0 Å². The van der Waals surface area contributed by atoms with E-state index in [4.69, 9.17) is 15.8 Å². The number of carbonyl (C=O) groups excluding carboxylic acids is 1. The standard InChI is InChI=1S/C26H28F2N6OS2/c1-32(2)25(35)33-14-11-22-21(16-33)30-24(36-22)34-26(12-6-13-29,17-7-4-3-5-8-17)37-23(31-34)19-15-18(27)9-10-20(19)28/h3-5,7-10,15H,6,11-14,16,29H2,1-2H3. The maximum absolute atomic E-state index is 14.9. The van der Waals surface area contributed by atoms with Crippen LogP contribution in [0.3, 0.4) is 0 Å². The Hall–Kier alpha value is -3.02. The van der Waals surface area contributed by atoms with Gasteiger partial charge in [-0.2, -0.15) is 5.10 Å². The minimum Gasteiger partial charge on any atom is -0.331 e. The molecule has 1 aromatic heterocycles. The number of thiazole rings is 1. The van der Waals surface area contributed by atoms with Gasteiger partial charge in [-0.05, 0) is 43.1 Å². The zero-order valence-electron chi connectivity index (χ0n) is 20.7. The summed E-state index contributed by atoms with van der Waals surface area (Å²) in [6.45, 7) is 1.50. The lowest BCUT2D eigenvalue weighted by Gasteiger charge is -2.35. The summed E-state index contributed by atoms with van der Waals surface area (Å²) in [7, 11) is 3.47. The van der Waals surface area contributed by atoms with Crippen molar-refractivity contribution in [2.75, 3.05) is 32.2 Å². The fraction of sp³-hybridized carbons (Fsp3) is 0.346. The fourth-order valence-electron chi connectivity index (χ4n) is 4.61. The first-order valence-corrected chi connectivity index (χ1v) is 13.7. The summed E-state index contributed by atoms with van der Waals surface area (Å²) in [5.74, 6) is -1.06. The zero-order valence-corrected chi connectivity index (χ0v) is 22.3. The van der Waals surface area contributed by atoms with Gasteiger partial charge in [0.15, 0.2) is 0 Å². The molecule has 2 aliphatic rings. The van der Waals surface area contributed by atoms with Gasteiger partial charge in [0, 0.05) is 37.5 Å². The largest absolute Gasteiger partial charge is 0.331 e. The van der Waals surface area contributed by atoms with E-state index in [0.717, 1.165) is 28.3 Å². The van der Waals surface area contributed by atoms with E-state index >= 15 is 0 Å². The molecule has 3 heterocycles. The highest BCUT2D eigenvalue weighted by molar-refractivity contribution is 8.15. The highest BCUT2D eigenvalue weighted by Crippen LogP contribution is 2.53. The van der Waals surface area contributed by atoms with Gasteiger partial charge < -0.3 is 15.5 Å². The van der Waals surface area contributed by atoms with E-state index in [1.807, 2.05) is 35.3 Å². The van der Waals surface area contributed by atoms with Crippen molar-refractivity contribution in [3.05, 3.63) is 81.9 Å². The number of hydrogen-bond donors (Lipinski definition) is 1. The predicted molar refractivity (Wildman–Crippen MR) is 145 cm³/mol. The van der Waals surface area contributed by atoms with Crippen LogP contribution in [0.5, 0.6) is 0 Å². The molecule has 0 bridgehead atoms. The van der Waals surface area contributed by atoms with Crippen LogP contribution in [0.1, 0.15) is 34.5 Å². The maximum Gasteiger partial charge on any atom is 0.319 e. The highest BCUT2D eigenvalue weighted by atomic mass is 32.2. The number of benzene rings is 2. The van der Waals surface area contributed by atoms with Crippen LogP contribution < -0.4 is 10.7 Å². The highest BCUT2D eigenvalue weighted by Gasteiger charge is 2.48. The van der Waals surface area contributed by atoms with Crippen LogP contribution in [0.15, 0.2) is 53.6 Å². The summed E-state index contributed by atoms with van der Waals surface area (Å²) < 4.78 is 29.0. The minimum absolute atomic E-state index is 0.0552. The smallest absolute Gasteiger partial charge is 0.319 e. The third kappa shape index (κ3) is 4.83. The number of amides is 2. The lowest BCUT2D eigenvalue weighted by molar-refractivity contribution is 0.165. The van der Waals surface area contributed by atoms with Crippen LogP contribution in [0, 0.1) is 11.6 Å². The van der Waals surface area contributed by atoms with E-state index in [1.54, 1.807) is 23.9 Å². The van der Waals surface area contributed by atoms with Crippen molar-refractivity contribution in [2.24, 2.45) is 10.8 Å². The third-order valence-electron chi connectivity index (χ3n) is 6.45. The van der Waals surface area contributed by atoms with Crippen molar-refractivity contribution in [3.63, 3.8) is 0 Å². The lowest BCUT2D eigenvalue weighted by atomic mass is 10.0. The quantitative estimate of drug-likeness (QED) is 0.476. The fourth-order valence-corrected chi connectivity index (χ4v) is 7.17. The number of nitrogens with two attached hydrogens (primary N) is 1. The lowest BCUT2D eigenvalue weighted by Crippen LogP contribution is -2.42. The van der Waals surface area contributed by atoms with Gasteiger partial charge in [0.2, 0.25) is 5.13 Å². The Morgan fingerprint density at radius 3 is 2.70 bits per heavy atom. The summed E-state index contributed by atoms with van der Waals surface area (Å²) in [4.78, 5) is 21.2. The number of anilines is 1. The zero-order chi connectivity index (χ0) is 26.2. The number of nitrogens with zero attached hydrogens (tertiary/aromatic N) is 5. The number of urea groups is 1. The van der Waals surface area contributed by atoms with E-state index in [1.165, 1.54) is 29.2 Å². The molecule has 2 aliphatic heterocycles. The molecular formula is C26H28F2N6OS2. The first-order chi connectivity index (χ1) is 17.8. The maximum atomic E-state index is 14.9. The molecule has 2 amide bonds. The van der Waals surface area contributed by atoms with Crippen molar-refractivity contribution < 1.29 is 13.6 Å². The molecular weight excluding hydrogens is 514 g/mol. The van der Waals surface area contributed by atoms with Crippen molar-refractivity contribution in [1.82, 2.24) is 14.8 Å². The van der Waals surface area contributed by atoms with E-state index in [2.05, 4.69) is 0 Å². The van der Waals surface area contributed by atoms with Crippen LogP contribution in [0.25, 0.3) is 0 Å². The van der Waals surface area contributed by atoms with Crippen molar-refractivity contribution in [1.29, 1.82) is 0 Å². The molecule has 11 heteroatoms. The summed E-state index contributed by atoms with van der Waals surface area (Å²) in [6.07, 6.45) is 2.02. The Balaban J connectivity index is 1.61. The molecule has 2 N–H and O–H groups in total. The Labute approximate surface area is 223 Å². The topological polar surface area (TPSA) is 78.1 Å². The monoisotopic (exact) mass is 542 g/mol. The number of halogens is 2.